The Bertz CT molecular complexity index is 1020. The average Bonchev–Trinajstić information content (AvgIpc) is 2.91. The largest absolute Gasteiger partial charge is 0.463 e. The molecule has 1 heterocycles. The highest BCUT2D eigenvalue weighted by molar-refractivity contribution is 5.86. The van der Waals surface area contributed by atoms with Gasteiger partial charge in [-0.15, -0.1) is 0 Å². The number of nitrogens with zero attached hydrogens (tertiary/aromatic N) is 3. The fourth-order valence-corrected chi connectivity index (χ4v) is 3.53. The van der Waals surface area contributed by atoms with Gasteiger partial charge in [-0.25, -0.2) is 9.59 Å². The van der Waals surface area contributed by atoms with E-state index in [1.807, 2.05) is 0 Å². The van der Waals surface area contributed by atoms with Gasteiger partial charge in [0.25, 0.3) is 11.4 Å². The quantitative estimate of drug-likeness (QED) is 0.0772. The average molecular weight is 554 g/mol. The first-order valence-electron chi connectivity index (χ1n) is 12.1. The van der Waals surface area contributed by atoms with Crippen LogP contribution in [-0.2, 0) is 39.9 Å². The molecule has 0 saturated carbocycles. The second kappa shape index (κ2) is 16.0. The van der Waals surface area contributed by atoms with Crippen LogP contribution >= 0.6 is 0 Å². The molecular weight excluding hydrogens is 522 g/mol. The topological polar surface area (TPSA) is 187 Å². The molecule has 0 aromatic heterocycles. The highest BCUT2D eigenvalue weighted by atomic mass is 16.6. The predicted molar refractivity (Wildman–Crippen MR) is 133 cm³/mol. The Balaban J connectivity index is 1.62. The summed E-state index contributed by atoms with van der Waals surface area (Å²) in [6.45, 7) is 5.84. The lowest BCUT2D eigenvalue weighted by Gasteiger charge is -2.30. The summed E-state index contributed by atoms with van der Waals surface area (Å²) in [7, 11) is 0. The van der Waals surface area contributed by atoms with Crippen LogP contribution in [-0.4, -0.2) is 85.5 Å². The summed E-state index contributed by atoms with van der Waals surface area (Å²) < 4.78 is 25.8. The van der Waals surface area contributed by atoms with E-state index in [4.69, 9.17) is 23.7 Å². The fourth-order valence-electron chi connectivity index (χ4n) is 3.53. The van der Waals surface area contributed by atoms with Crippen LogP contribution in [0.2, 0.25) is 0 Å². The van der Waals surface area contributed by atoms with Gasteiger partial charge in [0.2, 0.25) is 0 Å². The van der Waals surface area contributed by atoms with Gasteiger partial charge in [-0.1, -0.05) is 6.58 Å². The van der Waals surface area contributed by atoms with Crippen molar-refractivity contribution in [2.24, 2.45) is 5.92 Å². The molecule has 0 aliphatic carbocycles. The summed E-state index contributed by atoms with van der Waals surface area (Å²) in [5.41, 5.74) is -1.03. The number of likely N-dealkylation sites (tertiary alicyclic amines) is 1. The molecule has 1 aromatic carbocycles. The Morgan fingerprint density at radius 2 is 1.41 bits per heavy atom. The van der Waals surface area contributed by atoms with Crippen LogP contribution in [0.4, 0.5) is 16.2 Å². The maximum atomic E-state index is 12.4. The van der Waals surface area contributed by atoms with Gasteiger partial charge < -0.3 is 28.6 Å². The molecule has 0 N–H and O–H groups in total. The SMILES string of the molecule is C=C(C)C(=O)OCCOCCOCCOC(=O)C1CCN(C(=O)OCc2c([N+](=O)[O-])cccc2[N+](=O)[O-])CC1. The van der Waals surface area contributed by atoms with E-state index in [1.54, 1.807) is 6.92 Å². The summed E-state index contributed by atoms with van der Waals surface area (Å²) in [4.78, 5) is 58.1. The second-order valence-electron chi connectivity index (χ2n) is 8.41. The number of hydrogen-bond donors (Lipinski definition) is 0. The van der Waals surface area contributed by atoms with Crippen LogP contribution in [0.3, 0.4) is 0 Å². The first-order valence-corrected chi connectivity index (χ1v) is 12.1. The van der Waals surface area contributed by atoms with Crippen LogP contribution in [0, 0.1) is 26.1 Å². The lowest BCUT2D eigenvalue weighted by molar-refractivity contribution is -0.396. The zero-order valence-electron chi connectivity index (χ0n) is 21.5. The molecule has 2 rings (SSSR count). The van der Waals surface area contributed by atoms with Crippen LogP contribution in [0.5, 0.6) is 0 Å². The Kier molecular flexibility index (Phi) is 12.8. The molecule has 0 radical (unpaired) electrons. The minimum absolute atomic E-state index is 0.0476. The number of nitro groups is 2. The molecule has 1 amide bonds. The number of hydrogen-bond acceptors (Lipinski definition) is 12. The predicted octanol–water partition coefficient (Wildman–Crippen LogP) is 2.55. The minimum atomic E-state index is -0.793. The van der Waals surface area contributed by atoms with E-state index < -0.39 is 51.8 Å². The second-order valence-corrected chi connectivity index (χ2v) is 8.41. The van der Waals surface area contributed by atoms with E-state index in [1.165, 1.54) is 11.0 Å². The van der Waals surface area contributed by atoms with Gasteiger partial charge in [0.05, 0.1) is 42.2 Å². The molecule has 1 saturated heterocycles. The number of amides is 1. The number of carbonyl (C=O) groups is 3. The lowest BCUT2D eigenvalue weighted by atomic mass is 9.97. The van der Waals surface area contributed by atoms with Crippen LogP contribution in [0.1, 0.15) is 25.3 Å². The molecule has 0 spiro atoms. The standard InChI is InChI=1S/C24H31N3O12/c1-17(2)22(28)37-14-12-35-10-11-36-13-15-38-23(29)18-6-8-25(9-7-18)24(30)39-16-19-20(26(31)32)4-3-5-21(19)27(33)34/h3-5,18H,1,6-16H2,2H3. The van der Waals surface area contributed by atoms with Gasteiger partial charge in [-0.05, 0) is 25.8 Å². The van der Waals surface area contributed by atoms with Gasteiger partial charge >= 0.3 is 18.0 Å². The maximum absolute atomic E-state index is 12.4. The molecule has 1 aliphatic rings. The van der Waals surface area contributed by atoms with Gasteiger partial charge in [-0.2, -0.15) is 0 Å². The van der Waals surface area contributed by atoms with Gasteiger partial charge in [0.1, 0.15) is 25.4 Å². The minimum Gasteiger partial charge on any atom is -0.463 e. The Hall–Kier alpha value is -4.11. The zero-order valence-corrected chi connectivity index (χ0v) is 21.5. The van der Waals surface area contributed by atoms with Crippen LogP contribution in [0.25, 0.3) is 0 Å². The summed E-state index contributed by atoms with van der Waals surface area (Å²) in [6.07, 6.45) is -0.145. The monoisotopic (exact) mass is 553 g/mol. The number of ether oxygens (including phenoxy) is 5. The van der Waals surface area contributed by atoms with Gasteiger partial charge in [-0.3, -0.25) is 25.0 Å². The number of carbonyl (C=O) groups excluding carboxylic acids is 3. The molecule has 1 fully saturated rings. The third-order valence-electron chi connectivity index (χ3n) is 5.60. The number of piperidine rings is 1. The molecule has 15 heteroatoms. The fraction of sp³-hybridized carbons (Fsp3) is 0.542. The van der Waals surface area contributed by atoms with Crippen molar-refractivity contribution >= 4 is 29.4 Å². The lowest BCUT2D eigenvalue weighted by Crippen LogP contribution is -2.41. The first kappa shape index (κ1) is 31.1. The molecule has 39 heavy (non-hydrogen) atoms. The van der Waals surface area contributed by atoms with Crippen molar-refractivity contribution < 1.29 is 47.9 Å². The molecule has 1 aromatic rings. The summed E-state index contributed by atoms with van der Waals surface area (Å²) in [5, 5.41) is 22.4. The number of benzene rings is 1. The molecule has 1 aliphatic heterocycles. The summed E-state index contributed by atoms with van der Waals surface area (Å²) >= 11 is 0. The van der Waals surface area contributed by atoms with Gasteiger partial charge in [0.15, 0.2) is 0 Å². The van der Waals surface area contributed by atoms with Crippen molar-refractivity contribution in [2.45, 2.75) is 26.4 Å². The zero-order chi connectivity index (χ0) is 28.8. The number of nitro benzene ring substituents is 2. The van der Waals surface area contributed by atoms with Crippen LogP contribution < -0.4 is 0 Å². The van der Waals surface area contributed by atoms with Crippen molar-refractivity contribution in [1.29, 1.82) is 0 Å². The third kappa shape index (κ3) is 10.3. The van der Waals surface area contributed by atoms with Crippen molar-refractivity contribution in [2.75, 3.05) is 52.7 Å². The Morgan fingerprint density at radius 3 is 1.92 bits per heavy atom. The molecule has 0 bridgehead atoms. The summed E-state index contributed by atoms with van der Waals surface area (Å²) in [5.74, 6) is -1.32. The maximum Gasteiger partial charge on any atom is 0.410 e. The Labute approximate surface area is 223 Å². The van der Waals surface area contributed by atoms with E-state index in [0.29, 0.717) is 18.4 Å². The van der Waals surface area contributed by atoms with E-state index in [0.717, 1.165) is 12.1 Å². The Morgan fingerprint density at radius 1 is 0.897 bits per heavy atom. The van der Waals surface area contributed by atoms with E-state index in [9.17, 15) is 34.6 Å². The van der Waals surface area contributed by atoms with Crippen molar-refractivity contribution in [1.82, 2.24) is 4.90 Å². The number of esters is 2. The van der Waals surface area contributed by atoms with Crippen molar-refractivity contribution in [3.05, 3.63) is 56.1 Å². The highest BCUT2D eigenvalue weighted by Crippen LogP contribution is 2.29. The van der Waals surface area contributed by atoms with Crippen LogP contribution in [0.15, 0.2) is 30.4 Å². The van der Waals surface area contributed by atoms with Crippen molar-refractivity contribution in [3.8, 4) is 0 Å². The van der Waals surface area contributed by atoms with Crippen molar-refractivity contribution in [3.63, 3.8) is 0 Å². The van der Waals surface area contributed by atoms with E-state index in [-0.39, 0.29) is 58.3 Å². The van der Waals surface area contributed by atoms with Gasteiger partial charge in [0, 0.05) is 30.8 Å². The smallest absolute Gasteiger partial charge is 0.410 e. The highest BCUT2D eigenvalue weighted by Gasteiger charge is 2.31. The summed E-state index contributed by atoms with van der Waals surface area (Å²) in [6, 6.07) is 3.37. The molecule has 214 valence electrons. The molecular formula is C24H31N3O12. The molecule has 0 unspecified atom stereocenters. The molecule has 0 atom stereocenters. The normalized spacial score (nSPS) is 13.4. The molecule has 15 nitrogen and oxygen atoms in total. The third-order valence-corrected chi connectivity index (χ3v) is 5.60. The number of rotatable bonds is 15. The van der Waals surface area contributed by atoms with E-state index >= 15 is 0 Å². The van der Waals surface area contributed by atoms with E-state index in [2.05, 4.69) is 6.58 Å². The first-order chi connectivity index (χ1) is 18.6.